The van der Waals surface area contributed by atoms with Crippen molar-refractivity contribution >= 4 is 27.4 Å². The van der Waals surface area contributed by atoms with Gasteiger partial charge in [0.2, 0.25) is 0 Å². The molecule has 9 heteroatoms. The molecule has 0 heterocycles. The van der Waals surface area contributed by atoms with Crippen molar-refractivity contribution in [1.82, 2.24) is 0 Å². The van der Waals surface area contributed by atoms with E-state index in [0.29, 0.717) is 6.07 Å². The van der Waals surface area contributed by atoms with Crippen molar-refractivity contribution in [2.45, 2.75) is 10.8 Å². The van der Waals surface area contributed by atoms with Crippen LogP contribution in [0.3, 0.4) is 0 Å². The SMILES string of the molecule is O=[N+]([O-])c1ccc(CCl)c(S(=O)(=O)[O-])c1.[Na+]. The summed E-state index contributed by atoms with van der Waals surface area (Å²) in [6.07, 6.45) is 0. The first-order chi connectivity index (χ1) is 6.86. The number of alkyl halides is 1. The smallest absolute Gasteiger partial charge is 0.744 e. The molecule has 0 amide bonds. The maximum atomic E-state index is 10.8. The summed E-state index contributed by atoms with van der Waals surface area (Å²) in [7, 11) is -4.74. The summed E-state index contributed by atoms with van der Waals surface area (Å²) < 4.78 is 32.3. The molecule has 0 spiro atoms. The van der Waals surface area contributed by atoms with Crippen LogP contribution in [0, 0.1) is 10.1 Å². The van der Waals surface area contributed by atoms with Gasteiger partial charge >= 0.3 is 29.6 Å². The van der Waals surface area contributed by atoms with Crippen molar-refractivity contribution in [1.29, 1.82) is 0 Å². The van der Waals surface area contributed by atoms with Crippen LogP contribution in [-0.2, 0) is 16.0 Å². The number of nitro groups is 1. The number of non-ortho nitro benzene ring substituents is 1. The third-order valence-electron chi connectivity index (χ3n) is 1.67. The van der Waals surface area contributed by atoms with Crippen LogP contribution in [0.15, 0.2) is 23.1 Å². The maximum absolute atomic E-state index is 10.8. The van der Waals surface area contributed by atoms with E-state index in [2.05, 4.69) is 0 Å². The van der Waals surface area contributed by atoms with E-state index in [1.54, 1.807) is 0 Å². The second kappa shape index (κ2) is 5.95. The summed E-state index contributed by atoms with van der Waals surface area (Å²) in [5, 5.41) is 10.4. The van der Waals surface area contributed by atoms with Crippen LogP contribution in [0.1, 0.15) is 5.56 Å². The van der Waals surface area contributed by atoms with Crippen molar-refractivity contribution in [2.75, 3.05) is 0 Å². The molecule has 0 aliphatic heterocycles. The van der Waals surface area contributed by atoms with Crippen molar-refractivity contribution in [3.8, 4) is 0 Å². The van der Waals surface area contributed by atoms with Gasteiger partial charge in [-0.2, -0.15) is 0 Å². The third-order valence-corrected chi connectivity index (χ3v) is 2.88. The van der Waals surface area contributed by atoms with Crippen LogP contribution in [0.25, 0.3) is 0 Å². The minimum absolute atomic E-state index is 0. The molecule has 0 aromatic heterocycles. The van der Waals surface area contributed by atoms with Crippen LogP contribution < -0.4 is 29.6 Å². The van der Waals surface area contributed by atoms with E-state index in [1.165, 1.54) is 0 Å². The maximum Gasteiger partial charge on any atom is 1.00 e. The molecule has 0 radical (unpaired) electrons. The van der Waals surface area contributed by atoms with Crippen molar-refractivity contribution in [2.24, 2.45) is 0 Å². The molecule has 0 aliphatic carbocycles. The van der Waals surface area contributed by atoms with E-state index in [4.69, 9.17) is 11.6 Å². The van der Waals surface area contributed by atoms with Gasteiger partial charge < -0.3 is 4.55 Å². The Kier molecular flexibility index (Phi) is 5.88. The Bertz CT molecular complexity index is 503. The standard InChI is InChI=1S/C7H6ClNO5S.Na/c8-4-5-1-2-6(9(10)11)3-7(5)15(12,13)14;/h1-3H,4H2,(H,12,13,14);/q;+1/p-1. The molecule has 0 aliphatic rings. The van der Waals surface area contributed by atoms with Crippen LogP contribution in [-0.4, -0.2) is 17.9 Å². The summed E-state index contributed by atoms with van der Waals surface area (Å²) in [6, 6.07) is 2.95. The molecular formula is C7H5ClNNaO5S. The van der Waals surface area contributed by atoms with Gasteiger partial charge in [-0.3, -0.25) is 10.1 Å². The molecule has 0 unspecified atom stereocenters. The molecule has 0 fully saturated rings. The predicted molar refractivity (Wildman–Crippen MR) is 50.6 cm³/mol. The summed E-state index contributed by atoms with van der Waals surface area (Å²) in [4.78, 5) is 8.92. The third kappa shape index (κ3) is 3.69. The fraction of sp³-hybridized carbons (Fsp3) is 0.143. The van der Waals surface area contributed by atoms with Gasteiger partial charge in [-0.05, 0) is 11.6 Å². The molecule has 0 saturated heterocycles. The number of nitro benzene ring substituents is 1. The fourth-order valence-corrected chi connectivity index (χ4v) is 2.04. The molecule has 6 nitrogen and oxygen atoms in total. The number of nitrogens with zero attached hydrogens (tertiary/aromatic N) is 1. The quantitative estimate of drug-likeness (QED) is 0.214. The van der Waals surface area contributed by atoms with Crippen LogP contribution in [0.2, 0.25) is 0 Å². The van der Waals surface area contributed by atoms with Crippen molar-refractivity contribution in [3.05, 3.63) is 33.9 Å². The Hall–Kier alpha value is -0.180. The topological polar surface area (TPSA) is 100 Å². The summed E-state index contributed by atoms with van der Waals surface area (Å²) >= 11 is 5.40. The zero-order valence-electron chi connectivity index (χ0n) is 8.21. The van der Waals surface area contributed by atoms with Gasteiger partial charge in [-0.1, -0.05) is 0 Å². The van der Waals surface area contributed by atoms with E-state index in [1.807, 2.05) is 0 Å². The Morgan fingerprint density at radius 2 is 1.94 bits per heavy atom. The Morgan fingerprint density at radius 3 is 2.31 bits per heavy atom. The zero-order chi connectivity index (χ0) is 11.6. The van der Waals surface area contributed by atoms with Crippen molar-refractivity contribution < 1.29 is 47.5 Å². The first kappa shape index (κ1) is 15.8. The first-order valence-corrected chi connectivity index (χ1v) is 5.59. The minimum atomic E-state index is -4.74. The summed E-state index contributed by atoms with van der Waals surface area (Å²) in [5.41, 5.74) is -0.407. The molecule has 82 valence electrons. The fourth-order valence-electron chi connectivity index (χ4n) is 1.000. The molecular weight excluding hydrogens is 269 g/mol. The van der Waals surface area contributed by atoms with Gasteiger partial charge in [-0.25, -0.2) is 8.42 Å². The van der Waals surface area contributed by atoms with Crippen LogP contribution in [0.4, 0.5) is 5.69 Å². The zero-order valence-corrected chi connectivity index (χ0v) is 11.8. The van der Waals surface area contributed by atoms with Gasteiger partial charge in [-0.15, -0.1) is 11.6 Å². The second-order valence-corrected chi connectivity index (χ2v) is 4.25. The van der Waals surface area contributed by atoms with Gasteiger partial charge in [0, 0.05) is 18.0 Å². The first-order valence-electron chi connectivity index (χ1n) is 3.65. The van der Waals surface area contributed by atoms with Crippen LogP contribution >= 0.6 is 11.6 Å². The minimum Gasteiger partial charge on any atom is -0.744 e. The monoisotopic (exact) mass is 273 g/mol. The van der Waals surface area contributed by atoms with E-state index < -0.39 is 25.6 Å². The van der Waals surface area contributed by atoms with E-state index in [9.17, 15) is 23.1 Å². The van der Waals surface area contributed by atoms with Gasteiger partial charge in [0.05, 0.1) is 9.82 Å². The molecule has 1 rings (SSSR count). The summed E-state index contributed by atoms with van der Waals surface area (Å²) in [6.45, 7) is 0. The molecule has 0 bridgehead atoms. The number of rotatable bonds is 3. The van der Waals surface area contributed by atoms with Crippen LogP contribution in [0.5, 0.6) is 0 Å². The normalized spacial score (nSPS) is 10.6. The Morgan fingerprint density at radius 1 is 1.38 bits per heavy atom. The van der Waals surface area contributed by atoms with E-state index in [0.717, 1.165) is 12.1 Å². The number of halogens is 1. The van der Waals surface area contributed by atoms with Gasteiger partial charge in [0.25, 0.3) is 5.69 Å². The van der Waals surface area contributed by atoms with E-state index in [-0.39, 0.29) is 41.0 Å². The molecule has 16 heavy (non-hydrogen) atoms. The molecule has 1 aromatic rings. The number of hydrogen-bond acceptors (Lipinski definition) is 5. The average Bonchev–Trinajstić information content (AvgIpc) is 2.15. The number of hydrogen-bond donors (Lipinski definition) is 0. The van der Waals surface area contributed by atoms with Crippen molar-refractivity contribution in [3.63, 3.8) is 0 Å². The van der Waals surface area contributed by atoms with Gasteiger partial charge in [0.15, 0.2) is 0 Å². The van der Waals surface area contributed by atoms with E-state index >= 15 is 0 Å². The predicted octanol–water partition coefficient (Wildman–Crippen LogP) is -1.76. The Labute approximate surface area is 119 Å². The molecule has 0 saturated carbocycles. The largest absolute Gasteiger partial charge is 1.00 e. The number of benzene rings is 1. The molecule has 1 aromatic carbocycles. The Balaban J connectivity index is 0.00000225. The summed E-state index contributed by atoms with van der Waals surface area (Å²) in [5.74, 6) is -0.200. The molecule has 0 atom stereocenters. The average molecular weight is 274 g/mol. The molecule has 0 N–H and O–H groups in total. The van der Waals surface area contributed by atoms with Gasteiger partial charge in [0.1, 0.15) is 10.1 Å². The second-order valence-electron chi connectivity index (χ2n) is 2.64.